The Kier molecular flexibility index (Phi) is 4.94. The van der Waals surface area contributed by atoms with Crippen molar-refractivity contribution < 1.29 is 9.53 Å². The third-order valence-electron chi connectivity index (χ3n) is 3.81. The van der Waals surface area contributed by atoms with Gasteiger partial charge in [0.25, 0.3) is 5.56 Å². The molecule has 0 atom stereocenters. The molecule has 3 aromatic rings. The van der Waals surface area contributed by atoms with E-state index in [1.54, 1.807) is 43.5 Å². The lowest BCUT2D eigenvalue weighted by Gasteiger charge is -2.15. The zero-order chi connectivity index (χ0) is 18.5. The van der Waals surface area contributed by atoms with Crippen LogP contribution in [0.4, 0.5) is 5.69 Å². The molecule has 0 aliphatic carbocycles. The molecule has 0 aromatic carbocycles. The molecule has 0 fully saturated rings. The number of pyridine rings is 3. The van der Waals surface area contributed by atoms with E-state index >= 15 is 0 Å². The fraction of sp³-hybridized carbons (Fsp3) is 0.158. The van der Waals surface area contributed by atoms with Gasteiger partial charge in [0.1, 0.15) is 17.2 Å². The zero-order valence-corrected chi connectivity index (χ0v) is 14.1. The van der Waals surface area contributed by atoms with E-state index in [0.29, 0.717) is 11.2 Å². The summed E-state index contributed by atoms with van der Waals surface area (Å²) in [7, 11) is 0. The van der Waals surface area contributed by atoms with Crippen LogP contribution in [-0.2, 0) is 11.3 Å². The molecule has 0 spiro atoms. The molecule has 0 saturated heterocycles. The number of rotatable bonds is 5. The van der Waals surface area contributed by atoms with Crippen LogP contribution in [0.2, 0.25) is 0 Å². The van der Waals surface area contributed by atoms with Gasteiger partial charge in [-0.1, -0.05) is 12.1 Å². The molecule has 1 N–H and O–H groups in total. The Labute approximate surface area is 149 Å². The number of carbonyl (C=O) groups excluding carboxylic acids is 1. The van der Waals surface area contributed by atoms with Crippen molar-refractivity contribution in [3.63, 3.8) is 0 Å². The fourth-order valence-corrected chi connectivity index (χ4v) is 2.68. The smallest absolute Gasteiger partial charge is 0.342 e. The van der Waals surface area contributed by atoms with Crippen LogP contribution in [0.5, 0.6) is 0 Å². The Morgan fingerprint density at radius 1 is 1.31 bits per heavy atom. The summed E-state index contributed by atoms with van der Waals surface area (Å²) in [5, 5.41) is 12.5. The number of nitrogens with one attached hydrogen (secondary N) is 1. The maximum absolute atomic E-state index is 12.7. The molecule has 130 valence electrons. The van der Waals surface area contributed by atoms with Gasteiger partial charge in [-0.2, -0.15) is 5.26 Å². The summed E-state index contributed by atoms with van der Waals surface area (Å²) in [5.41, 5.74) is 0.748. The van der Waals surface area contributed by atoms with Gasteiger partial charge < -0.3 is 10.1 Å². The first-order chi connectivity index (χ1) is 12.7. The largest absolute Gasteiger partial charge is 0.462 e. The van der Waals surface area contributed by atoms with Gasteiger partial charge in [-0.15, -0.1) is 0 Å². The number of nitrogens with zero attached hydrogens (tertiary/aromatic N) is 3. The topological polar surface area (TPSA) is 96.5 Å². The Balaban J connectivity index is 2.21. The van der Waals surface area contributed by atoms with Crippen molar-refractivity contribution in [1.29, 1.82) is 5.26 Å². The summed E-state index contributed by atoms with van der Waals surface area (Å²) in [6.07, 6.45) is 3.16. The summed E-state index contributed by atoms with van der Waals surface area (Å²) in [5.74, 6) is -0.601. The standard InChI is InChI=1S/C19H16N4O3/c1-2-26-19(25)16-15-8-4-6-10-23(15)18(24)14(11-20)17(16)22-12-13-7-3-5-9-21-13/h3-10,22H,2,12H2,1H3. The Bertz CT molecular complexity index is 1050. The number of aromatic nitrogens is 2. The molecule has 26 heavy (non-hydrogen) atoms. The number of fused-ring (bicyclic) bond motifs is 1. The van der Waals surface area contributed by atoms with Crippen molar-refractivity contribution >= 4 is 17.2 Å². The molecule has 3 heterocycles. The predicted octanol–water partition coefficient (Wildman–Crippen LogP) is 2.35. The summed E-state index contributed by atoms with van der Waals surface area (Å²) in [6.45, 7) is 2.13. The van der Waals surface area contributed by atoms with E-state index in [4.69, 9.17) is 4.74 Å². The minimum Gasteiger partial charge on any atom is -0.462 e. The van der Waals surface area contributed by atoms with Gasteiger partial charge in [0.2, 0.25) is 0 Å². The lowest BCUT2D eigenvalue weighted by Crippen LogP contribution is -2.24. The molecule has 0 amide bonds. The number of hydrogen-bond acceptors (Lipinski definition) is 6. The molecular weight excluding hydrogens is 332 g/mol. The highest BCUT2D eigenvalue weighted by molar-refractivity contribution is 6.04. The van der Waals surface area contributed by atoms with Crippen LogP contribution in [-0.4, -0.2) is 22.0 Å². The minimum atomic E-state index is -0.601. The van der Waals surface area contributed by atoms with Crippen molar-refractivity contribution in [1.82, 2.24) is 9.38 Å². The Morgan fingerprint density at radius 3 is 2.81 bits per heavy atom. The van der Waals surface area contributed by atoms with Gasteiger partial charge in [0.15, 0.2) is 0 Å². The molecule has 7 heteroatoms. The van der Waals surface area contributed by atoms with E-state index in [2.05, 4.69) is 10.3 Å². The number of esters is 1. The number of nitriles is 1. The number of ether oxygens (including phenoxy) is 1. The van der Waals surface area contributed by atoms with Crippen LogP contribution in [0.1, 0.15) is 28.5 Å². The minimum absolute atomic E-state index is 0.146. The summed E-state index contributed by atoms with van der Waals surface area (Å²) < 4.78 is 6.42. The number of hydrogen-bond donors (Lipinski definition) is 1. The maximum Gasteiger partial charge on any atom is 0.342 e. The Morgan fingerprint density at radius 2 is 2.12 bits per heavy atom. The van der Waals surface area contributed by atoms with Crippen LogP contribution in [0.25, 0.3) is 5.52 Å². The molecule has 0 aliphatic heterocycles. The molecule has 0 bridgehead atoms. The van der Waals surface area contributed by atoms with Crippen molar-refractivity contribution in [2.75, 3.05) is 11.9 Å². The first-order valence-electron chi connectivity index (χ1n) is 8.05. The Hall–Kier alpha value is -3.66. The van der Waals surface area contributed by atoms with Gasteiger partial charge in [-0.05, 0) is 31.2 Å². The number of carbonyl (C=O) groups is 1. The third kappa shape index (κ3) is 3.13. The first kappa shape index (κ1) is 17.2. The monoisotopic (exact) mass is 348 g/mol. The van der Waals surface area contributed by atoms with Crippen molar-refractivity contribution in [3.05, 3.63) is 76.0 Å². The lowest BCUT2D eigenvalue weighted by atomic mass is 10.1. The second-order valence-electron chi connectivity index (χ2n) is 5.39. The van der Waals surface area contributed by atoms with E-state index in [9.17, 15) is 14.9 Å². The van der Waals surface area contributed by atoms with Crippen LogP contribution >= 0.6 is 0 Å². The van der Waals surface area contributed by atoms with E-state index in [1.165, 1.54) is 10.6 Å². The molecule has 0 saturated carbocycles. The van der Waals surface area contributed by atoms with Gasteiger partial charge in [-0.3, -0.25) is 14.2 Å². The normalized spacial score (nSPS) is 10.3. The molecule has 0 unspecified atom stereocenters. The molecular formula is C19H16N4O3. The summed E-state index contributed by atoms with van der Waals surface area (Å²) in [4.78, 5) is 29.4. The quantitative estimate of drug-likeness (QED) is 0.711. The first-order valence-corrected chi connectivity index (χ1v) is 8.05. The molecule has 7 nitrogen and oxygen atoms in total. The number of anilines is 1. The zero-order valence-electron chi connectivity index (χ0n) is 14.1. The fourth-order valence-electron chi connectivity index (χ4n) is 2.68. The predicted molar refractivity (Wildman–Crippen MR) is 95.9 cm³/mol. The van der Waals surface area contributed by atoms with Gasteiger partial charge in [-0.25, -0.2) is 4.79 Å². The van der Waals surface area contributed by atoms with Crippen LogP contribution in [0.15, 0.2) is 53.6 Å². The molecule has 0 radical (unpaired) electrons. The molecule has 3 rings (SSSR count). The van der Waals surface area contributed by atoms with Crippen LogP contribution < -0.4 is 10.9 Å². The average molecular weight is 348 g/mol. The highest BCUT2D eigenvalue weighted by Gasteiger charge is 2.23. The second-order valence-corrected chi connectivity index (χ2v) is 5.39. The molecule has 3 aromatic heterocycles. The molecule has 0 aliphatic rings. The van der Waals surface area contributed by atoms with Gasteiger partial charge >= 0.3 is 5.97 Å². The second kappa shape index (κ2) is 7.49. The maximum atomic E-state index is 12.7. The highest BCUT2D eigenvalue weighted by atomic mass is 16.5. The van der Waals surface area contributed by atoms with E-state index < -0.39 is 11.5 Å². The summed E-state index contributed by atoms with van der Waals surface area (Å²) >= 11 is 0. The van der Waals surface area contributed by atoms with Crippen LogP contribution in [0.3, 0.4) is 0 Å². The van der Waals surface area contributed by atoms with E-state index in [0.717, 1.165) is 0 Å². The highest BCUT2D eigenvalue weighted by Crippen LogP contribution is 2.24. The summed E-state index contributed by atoms with van der Waals surface area (Å²) in [6, 6.07) is 12.3. The van der Waals surface area contributed by atoms with E-state index in [1.807, 2.05) is 12.1 Å². The third-order valence-corrected chi connectivity index (χ3v) is 3.81. The van der Waals surface area contributed by atoms with Gasteiger partial charge in [0, 0.05) is 12.4 Å². The van der Waals surface area contributed by atoms with Crippen molar-refractivity contribution in [2.45, 2.75) is 13.5 Å². The van der Waals surface area contributed by atoms with E-state index in [-0.39, 0.29) is 30.0 Å². The average Bonchev–Trinajstić information content (AvgIpc) is 2.67. The van der Waals surface area contributed by atoms with Crippen molar-refractivity contribution in [3.8, 4) is 6.07 Å². The SMILES string of the molecule is CCOC(=O)c1c(NCc2ccccn2)c(C#N)c(=O)n2ccccc12. The van der Waals surface area contributed by atoms with Gasteiger partial charge in [0.05, 0.1) is 30.0 Å². The van der Waals surface area contributed by atoms with Crippen molar-refractivity contribution in [2.24, 2.45) is 0 Å². The lowest BCUT2D eigenvalue weighted by molar-refractivity contribution is 0.0529. The van der Waals surface area contributed by atoms with Crippen LogP contribution in [0, 0.1) is 11.3 Å².